The van der Waals surface area contributed by atoms with Crippen molar-refractivity contribution in [1.82, 2.24) is 0 Å². The minimum absolute atomic E-state index is 0.724. The number of halogens is 2. The Morgan fingerprint density at radius 3 is 2.12 bits per heavy atom. The van der Waals surface area contributed by atoms with Crippen molar-refractivity contribution in [3.63, 3.8) is 0 Å². The molecule has 1 aromatic rings. The summed E-state index contributed by atoms with van der Waals surface area (Å²) in [6.07, 6.45) is 26.8. The van der Waals surface area contributed by atoms with E-state index in [-0.39, 0.29) is 0 Å². The van der Waals surface area contributed by atoms with Gasteiger partial charge in [0, 0.05) is 0 Å². The van der Waals surface area contributed by atoms with E-state index in [1.54, 1.807) is 6.07 Å². The van der Waals surface area contributed by atoms with Crippen molar-refractivity contribution < 1.29 is 8.78 Å². The number of rotatable bonds is 13. The van der Waals surface area contributed by atoms with Gasteiger partial charge in [0.25, 0.3) is 0 Å². The van der Waals surface area contributed by atoms with Gasteiger partial charge >= 0.3 is 0 Å². The standard InChI is InChI=1S/C30H46F2/c1-2-3-4-5-6-7-8-9-10-24-13-18-27(19-14-24)28-20-15-25(16-21-28)11-12-26-17-22-29(31)30(32)23-26/h15,17,22-24,27-28H,2-14,16,18-21H2,1H3/t24-,27-,28?. The maximum Gasteiger partial charge on any atom is 0.159 e. The van der Waals surface area contributed by atoms with Crippen molar-refractivity contribution in [3.8, 4) is 0 Å². The minimum Gasteiger partial charge on any atom is -0.204 e. The molecule has 0 radical (unpaired) electrons. The van der Waals surface area contributed by atoms with Gasteiger partial charge in [0.2, 0.25) is 0 Å². The van der Waals surface area contributed by atoms with E-state index < -0.39 is 11.6 Å². The molecule has 1 fully saturated rings. The topological polar surface area (TPSA) is 0 Å². The molecule has 2 aliphatic carbocycles. The number of allylic oxidation sites excluding steroid dienone is 2. The molecule has 180 valence electrons. The average Bonchev–Trinajstić information content (AvgIpc) is 2.82. The first-order chi connectivity index (χ1) is 15.7. The van der Waals surface area contributed by atoms with Crippen LogP contribution in [0, 0.1) is 29.4 Å². The van der Waals surface area contributed by atoms with E-state index in [4.69, 9.17) is 0 Å². The lowest BCUT2D eigenvalue weighted by atomic mass is 9.70. The highest BCUT2D eigenvalue weighted by Gasteiger charge is 2.28. The summed E-state index contributed by atoms with van der Waals surface area (Å²) in [4.78, 5) is 0. The normalized spacial score (nSPS) is 23.8. The summed E-state index contributed by atoms with van der Waals surface area (Å²) in [5.74, 6) is 1.34. The predicted octanol–water partition coefficient (Wildman–Crippen LogP) is 9.96. The van der Waals surface area contributed by atoms with Crippen LogP contribution >= 0.6 is 0 Å². The van der Waals surface area contributed by atoms with Crippen molar-refractivity contribution in [3.05, 3.63) is 47.0 Å². The van der Waals surface area contributed by atoms with E-state index in [0.717, 1.165) is 36.2 Å². The Morgan fingerprint density at radius 1 is 0.750 bits per heavy atom. The third-order valence-corrected chi connectivity index (χ3v) is 8.29. The van der Waals surface area contributed by atoms with Gasteiger partial charge in [0.15, 0.2) is 11.6 Å². The summed E-state index contributed by atoms with van der Waals surface area (Å²) in [6, 6.07) is 4.32. The van der Waals surface area contributed by atoms with Gasteiger partial charge in [-0.05, 0) is 80.4 Å². The van der Waals surface area contributed by atoms with Crippen molar-refractivity contribution in [1.29, 1.82) is 0 Å². The molecule has 2 aliphatic rings. The zero-order valence-corrected chi connectivity index (χ0v) is 20.5. The van der Waals surface area contributed by atoms with Crippen LogP contribution in [0.2, 0.25) is 0 Å². The Bertz CT molecular complexity index is 684. The highest BCUT2D eigenvalue weighted by Crippen LogP contribution is 2.41. The van der Waals surface area contributed by atoms with Crippen molar-refractivity contribution >= 4 is 0 Å². The maximum absolute atomic E-state index is 13.4. The lowest BCUT2D eigenvalue weighted by Gasteiger charge is -2.35. The Kier molecular flexibility index (Phi) is 11.3. The molecule has 0 aromatic heterocycles. The van der Waals surface area contributed by atoms with Crippen molar-refractivity contribution in [2.75, 3.05) is 0 Å². The molecule has 1 unspecified atom stereocenters. The van der Waals surface area contributed by atoms with E-state index in [1.165, 1.54) is 120 Å². The Hall–Kier alpha value is -1.18. The zero-order chi connectivity index (χ0) is 22.6. The molecule has 0 nitrogen and oxygen atoms in total. The van der Waals surface area contributed by atoms with Crippen LogP contribution < -0.4 is 0 Å². The minimum atomic E-state index is -0.749. The van der Waals surface area contributed by atoms with Crippen LogP contribution in [-0.4, -0.2) is 0 Å². The van der Waals surface area contributed by atoms with E-state index in [1.807, 2.05) is 0 Å². The van der Waals surface area contributed by atoms with Gasteiger partial charge in [-0.1, -0.05) is 95.3 Å². The molecular formula is C30H46F2. The van der Waals surface area contributed by atoms with Crippen LogP contribution in [0.1, 0.15) is 122 Å². The number of hydrogen-bond donors (Lipinski definition) is 0. The zero-order valence-electron chi connectivity index (χ0n) is 20.5. The van der Waals surface area contributed by atoms with Gasteiger partial charge < -0.3 is 0 Å². The molecule has 0 amide bonds. The summed E-state index contributed by atoms with van der Waals surface area (Å²) in [6.45, 7) is 2.29. The summed E-state index contributed by atoms with van der Waals surface area (Å²) in [5, 5.41) is 0. The average molecular weight is 445 g/mol. The molecule has 0 heterocycles. The smallest absolute Gasteiger partial charge is 0.159 e. The first-order valence-electron chi connectivity index (χ1n) is 13.8. The number of benzene rings is 1. The number of aryl methyl sites for hydroxylation is 1. The van der Waals surface area contributed by atoms with E-state index in [9.17, 15) is 8.78 Å². The third kappa shape index (κ3) is 8.64. The monoisotopic (exact) mass is 444 g/mol. The molecule has 0 aliphatic heterocycles. The van der Waals surface area contributed by atoms with Crippen LogP contribution in [0.4, 0.5) is 8.78 Å². The number of unbranched alkanes of at least 4 members (excludes halogenated alkanes) is 7. The van der Waals surface area contributed by atoms with E-state index >= 15 is 0 Å². The fraction of sp³-hybridized carbons (Fsp3) is 0.733. The Labute approximate surface area is 196 Å². The first-order valence-corrected chi connectivity index (χ1v) is 13.8. The lowest BCUT2D eigenvalue weighted by Crippen LogP contribution is -2.23. The summed E-state index contributed by atoms with van der Waals surface area (Å²) in [5.41, 5.74) is 2.43. The molecular weight excluding hydrogens is 398 g/mol. The van der Waals surface area contributed by atoms with Gasteiger partial charge in [-0.2, -0.15) is 0 Å². The van der Waals surface area contributed by atoms with Crippen LogP contribution in [0.5, 0.6) is 0 Å². The number of hydrogen-bond acceptors (Lipinski definition) is 0. The fourth-order valence-corrected chi connectivity index (χ4v) is 6.08. The van der Waals surface area contributed by atoms with Gasteiger partial charge in [0.1, 0.15) is 0 Å². The van der Waals surface area contributed by atoms with Crippen LogP contribution in [-0.2, 0) is 6.42 Å². The highest BCUT2D eigenvalue weighted by atomic mass is 19.2. The second-order valence-electron chi connectivity index (χ2n) is 10.7. The molecule has 1 aromatic carbocycles. The SMILES string of the molecule is CCCCCCCCCC[C@H]1CC[C@H](C2CC=C(CCc3ccc(F)c(F)c3)CC2)CC1. The molecule has 0 spiro atoms. The molecule has 0 N–H and O–H groups in total. The first kappa shape index (κ1) is 25.4. The summed E-state index contributed by atoms with van der Waals surface area (Å²) >= 11 is 0. The molecule has 2 heteroatoms. The third-order valence-electron chi connectivity index (χ3n) is 8.29. The van der Waals surface area contributed by atoms with E-state index in [0.29, 0.717) is 0 Å². The lowest BCUT2D eigenvalue weighted by molar-refractivity contribution is 0.185. The van der Waals surface area contributed by atoms with Gasteiger partial charge in [0.05, 0.1) is 0 Å². The molecule has 1 saturated carbocycles. The maximum atomic E-state index is 13.4. The Morgan fingerprint density at radius 2 is 1.47 bits per heavy atom. The molecule has 3 rings (SSSR count). The van der Waals surface area contributed by atoms with Crippen molar-refractivity contribution in [2.45, 2.75) is 122 Å². The van der Waals surface area contributed by atoms with Gasteiger partial charge in [-0.25, -0.2) is 8.78 Å². The summed E-state index contributed by atoms with van der Waals surface area (Å²) in [7, 11) is 0. The predicted molar refractivity (Wildman–Crippen MR) is 133 cm³/mol. The molecule has 0 saturated heterocycles. The fourth-order valence-electron chi connectivity index (χ4n) is 6.08. The summed E-state index contributed by atoms with van der Waals surface area (Å²) < 4.78 is 26.5. The van der Waals surface area contributed by atoms with Crippen LogP contribution in [0.15, 0.2) is 29.8 Å². The van der Waals surface area contributed by atoms with E-state index in [2.05, 4.69) is 13.0 Å². The van der Waals surface area contributed by atoms with Crippen molar-refractivity contribution in [2.24, 2.45) is 17.8 Å². The highest BCUT2D eigenvalue weighted by molar-refractivity contribution is 5.20. The van der Waals surface area contributed by atoms with Crippen LogP contribution in [0.25, 0.3) is 0 Å². The second kappa shape index (κ2) is 14.2. The molecule has 1 atom stereocenters. The van der Waals surface area contributed by atoms with Gasteiger partial charge in [-0.15, -0.1) is 0 Å². The molecule has 32 heavy (non-hydrogen) atoms. The second-order valence-corrected chi connectivity index (χ2v) is 10.7. The van der Waals surface area contributed by atoms with Gasteiger partial charge in [-0.3, -0.25) is 0 Å². The van der Waals surface area contributed by atoms with Crippen LogP contribution in [0.3, 0.4) is 0 Å². The quantitative estimate of drug-likeness (QED) is 0.210. The largest absolute Gasteiger partial charge is 0.204 e. The Balaban J connectivity index is 1.26. The molecule has 0 bridgehead atoms.